The van der Waals surface area contributed by atoms with Crippen LogP contribution in [0.25, 0.3) is 6.08 Å². The number of rotatable bonds is 3. The highest BCUT2D eigenvalue weighted by molar-refractivity contribution is 9.10. The van der Waals surface area contributed by atoms with Crippen molar-refractivity contribution in [3.05, 3.63) is 94.5 Å². The van der Waals surface area contributed by atoms with Crippen molar-refractivity contribution in [1.82, 2.24) is 4.90 Å². The van der Waals surface area contributed by atoms with Crippen molar-refractivity contribution in [2.45, 2.75) is 12.1 Å². The summed E-state index contributed by atoms with van der Waals surface area (Å²) in [5.41, 5.74) is 2.43. The minimum atomic E-state index is -0.825. The van der Waals surface area contributed by atoms with Gasteiger partial charge in [-0.25, -0.2) is 4.90 Å². The van der Waals surface area contributed by atoms with E-state index in [9.17, 15) is 14.4 Å². The van der Waals surface area contributed by atoms with Gasteiger partial charge in [0.15, 0.2) is 5.76 Å². The van der Waals surface area contributed by atoms with Gasteiger partial charge in [-0.15, -0.1) is 0 Å². The lowest BCUT2D eigenvalue weighted by molar-refractivity contribution is -0.123. The monoisotopic (exact) mass is 488 g/mol. The van der Waals surface area contributed by atoms with Crippen LogP contribution in [0.5, 0.6) is 0 Å². The second-order valence-electron chi connectivity index (χ2n) is 8.17. The fourth-order valence-corrected chi connectivity index (χ4v) is 5.68. The number of benzene rings is 2. The predicted molar refractivity (Wildman–Crippen MR) is 120 cm³/mol. The molecule has 0 aliphatic carbocycles. The summed E-state index contributed by atoms with van der Waals surface area (Å²) in [6, 6.07) is 16.9. The molecule has 2 fully saturated rings. The molecule has 4 heterocycles. The second kappa shape index (κ2) is 7.03. The van der Waals surface area contributed by atoms with E-state index in [1.807, 2.05) is 47.5 Å². The van der Waals surface area contributed by atoms with Crippen LogP contribution in [0.4, 0.5) is 5.69 Å². The van der Waals surface area contributed by atoms with E-state index in [-0.39, 0.29) is 23.4 Å². The molecular formula is C25H17BrN2O4. The summed E-state index contributed by atoms with van der Waals surface area (Å²) in [5, 5.41) is 0. The minimum absolute atomic E-state index is 0.183. The molecule has 0 unspecified atom stereocenters. The average Bonchev–Trinajstić information content (AvgIpc) is 3.50. The molecule has 0 N–H and O–H groups in total. The van der Waals surface area contributed by atoms with Gasteiger partial charge in [0.2, 0.25) is 17.6 Å². The predicted octanol–water partition coefficient (Wildman–Crippen LogP) is 4.44. The summed E-state index contributed by atoms with van der Waals surface area (Å²) < 4.78 is 6.15. The standard InChI is InChI=1S/C25H17BrN2O4/c26-15-6-3-7-16(13-15)28-24(30)19-20(25(28)31)22(23(29)18-9-4-12-32-18)27-11-10-14-5-1-2-8-17(14)21(19)27/h1-13,19-22H/t19-,20+,21+,22-/m0/s1. The number of hydrogen-bond donors (Lipinski definition) is 0. The molecule has 2 aromatic carbocycles. The lowest BCUT2D eigenvalue weighted by Crippen LogP contribution is -2.44. The maximum absolute atomic E-state index is 13.7. The zero-order valence-corrected chi connectivity index (χ0v) is 18.3. The van der Waals surface area contributed by atoms with E-state index in [0.717, 1.165) is 15.6 Å². The molecule has 0 saturated carbocycles. The first-order chi connectivity index (χ1) is 15.6. The fraction of sp³-hybridized carbons (Fsp3) is 0.160. The summed E-state index contributed by atoms with van der Waals surface area (Å²) in [7, 11) is 0. The Morgan fingerprint density at radius 1 is 0.938 bits per heavy atom. The third kappa shape index (κ3) is 2.61. The van der Waals surface area contributed by atoms with E-state index < -0.39 is 23.9 Å². The van der Waals surface area contributed by atoms with Gasteiger partial charge in [-0.1, -0.05) is 46.3 Å². The lowest BCUT2D eigenvalue weighted by Gasteiger charge is -2.35. The lowest BCUT2D eigenvalue weighted by atomic mass is 9.84. The molecule has 32 heavy (non-hydrogen) atoms. The largest absolute Gasteiger partial charge is 0.461 e. The molecule has 158 valence electrons. The highest BCUT2D eigenvalue weighted by Crippen LogP contribution is 2.53. The molecule has 0 bridgehead atoms. The quantitative estimate of drug-likeness (QED) is 0.402. The molecule has 6 nitrogen and oxygen atoms in total. The van der Waals surface area contributed by atoms with Gasteiger partial charge in [0.1, 0.15) is 6.04 Å². The summed E-state index contributed by atoms with van der Waals surface area (Å²) >= 11 is 3.42. The van der Waals surface area contributed by atoms with E-state index in [4.69, 9.17) is 4.42 Å². The fourth-order valence-electron chi connectivity index (χ4n) is 5.29. The molecule has 7 heteroatoms. The maximum Gasteiger partial charge on any atom is 0.240 e. The Balaban J connectivity index is 1.51. The molecule has 0 radical (unpaired) electrons. The first-order valence-corrected chi connectivity index (χ1v) is 11.1. The van der Waals surface area contributed by atoms with Crippen LogP contribution in [0, 0.1) is 11.8 Å². The number of halogens is 1. The smallest absolute Gasteiger partial charge is 0.240 e. The summed E-state index contributed by atoms with van der Waals surface area (Å²) in [6.45, 7) is 0. The molecule has 6 rings (SSSR count). The number of ketones is 1. The number of fused-ring (bicyclic) bond motifs is 5. The molecule has 3 aromatic rings. The Morgan fingerprint density at radius 3 is 2.53 bits per heavy atom. The molecule has 3 aliphatic rings. The van der Waals surface area contributed by atoms with Crippen molar-refractivity contribution in [3.63, 3.8) is 0 Å². The average molecular weight is 489 g/mol. The van der Waals surface area contributed by atoms with Gasteiger partial charge >= 0.3 is 0 Å². The Morgan fingerprint density at radius 2 is 1.75 bits per heavy atom. The first kappa shape index (κ1) is 19.3. The number of amides is 2. The number of anilines is 1. The Hall–Kier alpha value is -3.45. The van der Waals surface area contributed by atoms with Gasteiger partial charge < -0.3 is 9.32 Å². The SMILES string of the molecule is O=C(c1ccco1)[C@@H]1[C@@H]2C(=O)N(c3cccc(Br)c3)C(=O)[C@@H]2[C@H]2c3ccccc3C=CN12. The van der Waals surface area contributed by atoms with E-state index >= 15 is 0 Å². The Kier molecular flexibility index (Phi) is 4.23. The normalized spacial score (nSPS) is 25.7. The molecule has 4 atom stereocenters. The second-order valence-corrected chi connectivity index (χ2v) is 9.08. The van der Waals surface area contributed by atoms with Crippen molar-refractivity contribution in [1.29, 1.82) is 0 Å². The van der Waals surface area contributed by atoms with Gasteiger partial charge in [0.25, 0.3) is 0 Å². The van der Waals surface area contributed by atoms with Gasteiger partial charge in [0.05, 0.1) is 29.8 Å². The zero-order chi connectivity index (χ0) is 22.0. The Bertz CT molecular complexity index is 1300. The van der Waals surface area contributed by atoms with E-state index in [1.165, 1.54) is 11.2 Å². The molecule has 1 aromatic heterocycles. The number of hydrogen-bond acceptors (Lipinski definition) is 5. The van der Waals surface area contributed by atoms with E-state index in [2.05, 4.69) is 15.9 Å². The highest BCUT2D eigenvalue weighted by Gasteiger charge is 2.64. The summed E-state index contributed by atoms with van der Waals surface area (Å²) in [4.78, 5) is 44.1. The number of carbonyl (C=O) groups is 3. The molecular weight excluding hydrogens is 472 g/mol. The minimum Gasteiger partial charge on any atom is -0.461 e. The number of furan rings is 1. The number of nitrogens with zero attached hydrogens (tertiary/aromatic N) is 2. The van der Waals surface area contributed by atoms with Crippen molar-refractivity contribution < 1.29 is 18.8 Å². The van der Waals surface area contributed by atoms with Crippen molar-refractivity contribution in [3.8, 4) is 0 Å². The molecule has 3 aliphatic heterocycles. The van der Waals surface area contributed by atoms with Crippen LogP contribution in [-0.2, 0) is 9.59 Å². The van der Waals surface area contributed by atoms with E-state index in [1.54, 1.807) is 30.3 Å². The van der Waals surface area contributed by atoms with Crippen LogP contribution in [0.1, 0.15) is 27.7 Å². The van der Waals surface area contributed by atoms with Crippen LogP contribution in [0.3, 0.4) is 0 Å². The number of imide groups is 1. The third-order valence-electron chi connectivity index (χ3n) is 6.56. The molecule has 2 saturated heterocycles. The van der Waals surface area contributed by atoms with Crippen molar-refractivity contribution in [2.75, 3.05) is 4.90 Å². The van der Waals surface area contributed by atoms with Gasteiger partial charge in [-0.05, 0) is 47.5 Å². The van der Waals surface area contributed by atoms with Crippen LogP contribution < -0.4 is 4.90 Å². The van der Waals surface area contributed by atoms with Crippen LogP contribution in [0.2, 0.25) is 0 Å². The van der Waals surface area contributed by atoms with Crippen LogP contribution >= 0.6 is 15.9 Å². The highest BCUT2D eigenvalue weighted by atomic mass is 79.9. The van der Waals surface area contributed by atoms with Gasteiger partial charge in [0, 0.05) is 10.7 Å². The summed E-state index contributed by atoms with van der Waals surface area (Å²) in [6.07, 6.45) is 5.20. The summed E-state index contributed by atoms with van der Waals surface area (Å²) in [5.74, 6) is -2.23. The topological polar surface area (TPSA) is 70.8 Å². The molecule has 2 amide bonds. The molecule has 0 spiro atoms. The number of Topliss-reactive ketones (excluding diaryl/α,β-unsaturated/α-hetero) is 1. The van der Waals surface area contributed by atoms with Gasteiger partial charge in [-0.3, -0.25) is 14.4 Å². The first-order valence-electron chi connectivity index (χ1n) is 10.3. The van der Waals surface area contributed by atoms with Gasteiger partial charge in [-0.2, -0.15) is 0 Å². The van der Waals surface area contributed by atoms with E-state index in [0.29, 0.717) is 5.69 Å². The third-order valence-corrected chi connectivity index (χ3v) is 7.05. The Labute approximate surface area is 192 Å². The number of carbonyl (C=O) groups excluding carboxylic acids is 3. The van der Waals surface area contributed by atoms with Crippen LogP contribution in [0.15, 0.2) is 82.0 Å². The zero-order valence-electron chi connectivity index (χ0n) is 16.7. The van der Waals surface area contributed by atoms with Crippen LogP contribution in [-0.4, -0.2) is 28.5 Å². The van der Waals surface area contributed by atoms with Crippen molar-refractivity contribution in [2.24, 2.45) is 11.8 Å². The van der Waals surface area contributed by atoms with Crippen molar-refractivity contribution >= 4 is 45.3 Å². The maximum atomic E-state index is 13.7.